The second kappa shape index (κ2) is 6.26. The Kier molecular flexibility index (Phi) is 6.11. The number of methoxy groups -OCH3 is 2. The van der Waals surface area contributed by atoms with Crippen molar-refractivity contribution in [1.82, 2.24) is 0 Å². The summed E-state index contributed by atoms with van der Waals surface area (Å²) in [4.78, 5) is 0. The molecule has 7 nitrogen and oxygen atoms in total. The molecule has 74 valence electrons. The SMILES string of the molecule is COC(OC)OC(O)OC(O)O. The summed E-state index contributed by atoms with van der Waals surface area (Å²) >= 11 is 0. The number of hydrogen-bond acceptors (Lipinski definition) is 7. The van der Waals surface area contributed by atoms with Crippen molar-refractivity contribution in [2.24, 2.45) is 0 Å². The van der Waals surface area contributed by atoms with Gasteiger partial charge in [0, 0.05) is 14.2 Å². The minimum Gasteiger partial charge on any atom is -0.346 e. The Morgan fingerprint density at radius 3 is 1.75 bits per heavy atom. The molecule has 0 aromatic carbocycles. The fraction of sp³-hybridized carbons (Fsp3) is 1.00. The van der Waals surface area contributed by atoms with Crippen molar-refractivity contribution >= 4 is 0 Å². The van der Waals surface area contributed by atoms with Crippen molar-refractivity contribution < 1.29 is 34.3 Å². The highest BCUT2D eigenvalue weighted by Crippen LogP contribution is 2.00. The first-order chi connectivity index (χ1) is 5.60. The molecule has 0 aliphatic rings. The first kappa shape index (κ1) is 11.7. The molecule has 0 fully saturated rings. The number of aliphatic hydroxyl groups excluding tert-OH is 2. The standard InChI is InChI=1S/C5H12O7/c1-9-5(10-2)12-4(8)11-3(6)7/h3-8H,1-2H3. The molecular weight excluding hydrogens is 172 g/mol. The van der Waals surface area contributed by atoms with E-state index in [0.29, 0.717) is 0 Å². The van der Waals surface area contributed by atoms with Crippen LogP contribution in [-0.4, -0.2) is 49.0 Å². The number of aliphatic hydroxyl groups is 3. The first-order valence-corrected chi connectivity index (χ1v) is 3.01. The van der Waals surface area contributed by atoms with Crippen LogP contribution in [0.1, 0.15) is 0 Å². The Morgan fingerprint density at radius 1 is 0.917 bits per heavy atom. The van der Waals surface area contributed by atoms with E-state index >= 15 is 0 Å². The third-order valence-corrected chi connectivity index (χ3v) is 0.851. The maximum atomic E-state index is 8.73. The molecule has 0 heterocycles. The molecule has 0 aromatic rings. The van der Waals surface area contributed by atoms with E-state index in [1.54, 1.807) is 0 Å². The lowest BCUT2D eigenvalue weighted by atomic mass is 11.1. The van der Waals surface area contributed by atoms with Crippen molar-refractivity contribution in [3.63, 3.8) is 0 Å². The molecule has 1 unspecified atom stereocenters. The predicted octanol–water partition coefficient (Wildman–Crippen LogP) is -1.86. The van der Waals surface area contributed by atoms with Crippen molar-refractivity contribution in [3.05, 3.63) is 0 Å². The van der Waals surface area contributed by atoms with Gasteiger partial charge in [0.1, 0.15) is 0 Å². The largest absolute Gasteiger partial charge is 0.346 e. The molecule has 7 heteroatoms. The molecule has 0 radical (unpaired) electrons. The molecule has 0 spiro atoms. The van der Waals surface area contributed by atoms with Crippen molar-refractivity contribution in [1.29, 1.82) is 0 Å². The van der Waals surface area contributed by atoms with E-state index in [9.17, 15) is 0 Å². The molecule has 0 aromatic heterocycles. The molecule has 0 rings (SSSR count). The summed E-state index contributed by atoms with van der Waals surface area (Å²) < 4.78 is 17.4. The van der Waals surface area contributed by atoms with E-state index in [1.165, 1.54) is 14.2 Å². The van der Waals surface area contributed by atoms with Crippen LogP contribution in [-0.2, 0) is 18.9 Å². The van der Waals surface area contributed by atoms with Crippen LogP contribution in [0.4, 0.5) is 0 Å². The highest BCUT2D eigenvalue weighted by atomic mass is 16.9. The van der Waals surface area contributed by atoms with Gasteiger partial charge in [-0.3, -0.25) is 9.47 Å². The molecule has 0 amide bonds. The third kappa shape index (κ3) is 5.38. The fourth-order valence-electron chi connectivity index (χ4n) is 0.439. The van der Waals surface area contributed by atoms with Gasteiger partial charge in [0.25, 0.3) is 19.4 Å². The summed E-state index contributed by atoms with van der Waals surface area (Å²) in [6, 6.07) is 0. The molecular formula is C5H12O7. The summed E-state index contributed by atoms with van der Waals surface area (Å²) in [6.45, 7) is -5.07. The Morgan fingerprint density at radius 2 is 1.42 bits per heavy atom. The second-order valence-electron chi connectivity index (χ2n) is 1.67. The van der Waals surface area contributed by atoms with Crippen LogP contribution in [0.15, 0.2) is 0 Å². The Labute approximate surface area is 69.0 Å². The van der Waals surface area contributed by atoms with Gasteiger partial charge >= 0.3 is 0 Å². The first-order valence-electron chi connectivity index (χ1n) is 3.01. The minimum atomic E-state index is -2.12. The van der Waals surface area contributed by atoms with E-state index in [1.807, 2.05) is 0 Å². The Bertz CT molecular complexity index is 102. The zero-order valence-electron chi connectivity index (χ0n) is 6.71. The lowest BCUT2D eigenvalue weighted by molar-refractivity contribution is -0.422. The molecule has 0 bridgehead atoms. The van der Waals surface area contributed by atoms with E-state index < -0.39 is 19.4 Å². The van der Waals surface area contributed by atoms with Gasteiger partial charge < -0.3 is 24.8 Å². The zero-order chi connectivity index (χ0) is 9.56. The van der Waals surface area contributed by atoms with Gasteiger partial charge in [-0.05, 0) is 0 Å². The molecule has 0 aliphatic carbocycles. The normalized spacial score (nSPS) is 14.2. The molecule has 0 aliphatic heterocycles. The highest BCUT2D eigenvalue weighted by molar-refractivity contribution is 4.20. The van der Waals surface area contributed by atoms with Crippen LogP contribution < -0.4 is 0 Å². The van der Waals surface area contributed by atoms with Crippen LogP contribution >= 0.6 is 0 Å². The van der Waals surface area contributed by atoms with Gasteiger partial charge in [-0.1, -0.05) is 0 Å². The van der Waals surface area contributed by atoms with Gasteiger partial charge in [-0.2, -0.15) is 0 Å². The summed E-state index contributed by atoms with van der Waals surface area (Å²) in [5.41, 5.74) is 0. The van der Waals surface area contributed by atoms with E-state index in [4.69, 9.17) is 15.3 Å². The lowest BCUT2D eigenvalue weighted by Crippen LogP contribution is -2.30. The predicted molar refractivity (Wildman–Crippen MR) is 34.2 cm³/mol. The van der Waals surface area contributed by atoms with Crippen molar-refractivity contribution in [2.45, 2.75) is 19.4 Å². The minimum absolute atomic E-state index is 1.13. The summed E-state index contributed by atoms with van der Waals surface area (Å²) in [5, 5.41) is 25.1. The average molecular weight is 184 g/mol. The van der Waals surface area contributed by atoms with Crippen LogP contribution in [0, 0.1) is 0 Å². The summed E-state index contributed by atoms with van der Waals surface area (Å²) in [6.07, 6.45) is 0. The lowest BCUT2D eigenvalue weighted by Gasteiger charge is -2.18. The Balaban J connectivity index is 3.58. The van der Waals surface area contributed by atoms with Crippen molar-refractivity contribution in [2.75, 3.05) is 14.2 Å². The van der Waals surface area contributed by atoms with Crippen molar-refractivity contribution in [3.8, 4) is 0 Å². The maximum absolute atomic E-state index is 8.73. The van der Waals surface area contributed by atoms with Gasteiger partial charge in [-0.15, -0.1) is 0 Å². The zero-order valence-corrected chi connectivity index (χ0v) is 6.71. The number of ether oxygens (including phenoxy) is 4. The average Bonchev–Trinajstić information content (AvgIpc) is 1.98. The monoisotopic (exact) mass is 184 g/mol. The van der Waals surface area contributed by atoms with Gasteiger partial charge in [-0.25, -0.2) is 0 Å². The van der Waals surface area contributed by atoms with E-state index in [0.717, 1.165) is 0 Å². The van der Waals surface area contributed by atoms with Gasteiger partial charge in [0.15, 0.2) is 0 Å². The molecule has 0 saturated heterocycles. The quantitative estimate of drug-likeness (QED) is 0.416. The van der Waals surface area contributed by atoms with Crippen LogP contribution in [0.5, 0.6) is 0 Å². The van der Waals surface area contributed by atoms with Crippen LogP contribution in [0.25, 0.3) is 0 Å². The van der Waals surface area contributed by atoms with E-state index in [-0.39, 0.29) is 0 Å². The van der Waals surface area contributed by atoms with Crippen LogP contribution in [0.2, 0.25) is 0 Å². The molecule has 1 atom stereocenters. The maximum Gasteiger partial charge on any atom is 0.277 e. The molecule has 0 saturated carbocycles. The fourth-order valence-corrected chi connectivity index (χ4v) is 0.439. The molecule has 3 N–H and O–H groups in total. The molecule has 12 heavy (non-hydrogen) atoms. The highest BCUT2D eigenvalue weighted by Gasteiger charge is 2.15. The summed E-state index contributed by atoms with van der Waals surface area (Å²) in [7, 11) is 2.55. The summed E-state index contributed by atoms with van der Waals surface area (Å²) in [5.74, 6) is 0. The number of rotatable bonds is 6. The van der Waals surface area contributed by atoms with Crippen LogP contribution in [0.3, 0.4) is 0 Å². The Hall–Kier alpha value is -0.280. The third-order valence-electron chi connectivity index (χ3n) is 0.851. The van der Waals surface area contributed by atoms with Gasteiger partial charge in [0.05, 0.1) is 0 Å². The topological polar surface area (TPSA) is 97.6 Å². The van der Waals surface area contributed by atoms with Gasteiger partial charge in [0.2, 0.25) is 0 Å². The second-order valence-corrected chi connectivity index (χ2v) is 1.67. The smallest absolute Gasteiger partial charge is 0.277 e. The number of hydrogen-bond donors (Lipinski definition) is 3. The van der Waals surface area contributed by atoms with E-state index in [2.05, 4.69) is 18.9 Å².